The lowest BCUT2D eigenvalue weighted by Crippen LogP contribution is -2.32. The number of hydrogen-bond donors (Lipinski definition) is 0. The molecule has 0 N–H and O–H groups in total. The van der Waals surface area contributed by atoms with E-state index in [1.165, 1.54) is 4.31 Å². The summed E-state index contributed by atoms with van der Waals surface area (Å²) in [6.07, 6.45) is 3.82. The molecular formula is C22H23ClN2O3S. The number of para-hydroxylation sites is 1. The fourth-order valence-corrected chi connectivity index (χ4v) is 4.76. The van der Waals surface area contributed by atoms with Gasteiger partial charge in [-0.3, -0.25) is 9.29 Å². The maximum Gasteiger partial charge on any atom is 0.235 e. The molecule has 1 aromatic heterocycles. The Morgan fingerprint density at radius 1 is 1.10 bits per heavy atom. The molecule has 0 saturated heterocycles. The Balaban J connectivity index is 2.00. The molecule has 3 aromatic rings. The van der Waals surface area contributed by atoms with Gasteiger partial charge in [0.25, 0.3) is 0 Å². The molecule has 0 bridgehead atoms. The lowest BCUT2D eigenvalue weighted by molar-refractivity contribution is 0.479. The van der Waals surface area contributed by atoms with E-state index >= 15 is 0 Å². The molecule has 0 unspecified atom stereocenters. The molecule has 0 atom stereocenters. The number of halogens is 1. The maximum atomic E-state index is 13.0. The summed E-state index contributed by atoms with van der Waals surface area (Å²) in [7, 11) is -3.55. The van der Waals surface area contributed by atoms with Crippen molar-refractivity contribution < 1.29 is 13.2 Å². The van der Waals surface area contributed by atoms with Crippen molar-refractivity contribution in [2.24, 2.45) is 0 Å². The Morgan fingerprint density at radius 2 is 1.86 bits per heavy atom. The third-order valence-electron chi connectivity index (χ3n) is 4.33. The summed E-state index contributed by atoms with van der Waals surface area (Å²) in [6.45, 7) is 3.87. The first-order valence-corrected chi connectivity index (χ1v) is 11.3. The summed E-state index contributed by atoms with van der Waals surface area (Å²) in [6, 6.07) is 16.4. The van der Waals surface area contributed by atoms with Gasteiger partial charge in [0, 0.05) is 18.5 Å². The third kappa shape index (κ3) is 5.28. The van der Waals surface area contributed by atoms with Gasteiger partial charge in [-0.1, -0.05) is 42.8 Å². The second-order valence-corrected chi connectivity index (χ2v) is 9.09. The fraction of sp³-hybridized carbons (Fsp3) is 0.227. The first kappa shape index (κ1) is 21.1. The number of anilines is 1. The maximum absolute atomic E-state index is 13.0. The molecule has 0 spiro atoms. The number of aromatic nitrogens is 1. The van der Waals surface area contributed by atoms with Gasteiger partial charge in [0.05, 0.1) is 23.0 Å². The van der Waals surface area contributed by atoms with E-state index in [0.717, 1.165) is 11.1 Å². The molecule has 5 nitrogen and oxygen atoms in total. The number of hydrogen-bond acceptors (Lipinski definition) is 4. The van der Waals surface area contributed by atoms with Crippen LogP contribution in [-0.2, 0) is 16.6 Å². The highest BCUT2D eigenvalue weighted by Gasteiger charge is 2.25. The van der Waals surface area contributed by atoms with Crippen LogP contribution in [0.3, 0.4) is 0 Å². The molecule has 1 heterocycles. The normalized spacial score (nSPS) is 11.3. The van der Waals surface area contributed by atoms with Gasteiger partial charge in [-0.15, -0.1) is 0 Å². The fourth-order valence-electron chi connectivity index (χ4n) is 2.92. The van der Waals surface area contributed by atoms with Crippen LogP contribution in [0.25, 0.3) is 0 Å². The molecular weight excluding hydrogens is 408 g/mol. The topological polar surface area (TPSA) is 59.5 Å². The molecule has 0 saturated carbocycles. The van der Waals surface area contributed by atoms with Gasteiger partial charge in [0.15, 0.2) is 0 Å². The summed E-state index contributed by atoms with van der Waals surface area (Å²) in [5.74, 6) is 1.30. The van der Waals surface area contributed by atoms with Crippen LogP contribution in [0.15, 0.2) is 67.0 Å². The van der Waals surface area contributed by atoms with Gasteiger partial charge in [-0.25, -0.2) is 8.42 Å². The Labute approximate surface area is 177 Å². The zero-order valence-corrected chi connectivity index (χ0v) is 17.9. The van der Waals surface area contributed by atoms with Crippen LogP contribution < -0.4 is 9.04 Å². The minimum atomic E-state index is -3.55. The Kier molecular flexibility index (Phi) is 6.77. The number of aryl methyl sites for hydroxylation is 1. The van der Waals surface area contributed by atoms with Crippen molar-refractivity contribution in [3.05, 3.63) is 83.1 Å². The SMILES string of the molecule is CCCS(=O)(=O)N(Cc1cccnc1)c1cc(C)c(Oc2ccccc2)cc1Cl. The van der Waals surface area contributed by atoms with Crippen molar-refractivity contribution in [1.29, 1.82) is 0 Å². The van der Waals surface area contributed by atoms with Gasteiger partial charge < -0.3 is 4.74 Å². The van der Waals surface area contributed by atoms with Crippen LogP contribution in [-0.4, -0.2) is 19.2 Å². The largest absolute Gasteiger partial charge is 0.457 e. The van der Waals surface area contributed by atoms with Crippen LogP contribution >= 0.6 is 11.6 Å². The van der Waals surface area contributed by atoms with Gasteiger partial charge in [0.1, 0.15) is 11.5 Å². The molecule has 152 valence electrons. The smallest absolute Gasteiger partial charge is 0.235 e. The lowest BCUT2D eigenvalue weighted by Gasteiger charge is -2.26. The molecule has 0 fully saturated rings. The molecule has 0 amide bonds. The van der Waals surface area contributed by atoms with E-state index in [4.69, 9.17) is 16.3 Å². The van der Waals surface area contributed by atoms with E-state index in [-0.39, 0.29) is 12.3 Å². The first-order chi connectivity index (χ1) is 13.9. The van der Waals surface area contributed by atoms with Gasteiger partial charge in [0.2, 0.25) is 10.0 Å². The minimum absolute atomic E-state index is 0.0326. The van der Waals surface area contributed by atoms with Crippen molar-refractivity contribution in [3.8, 4) is 11.5 Å². The Hall–Kier alpha value is -2.57. The molecule has 0 aliphatic carbocycles. The van der Waals surface area contributed by atoms with Gasteiger partial charge in [-0.05, 0) is 48.7 Å². The van der Waals surface area contributed by atoms with E-state index in [1.807, 2.05) is 50.2 Å². The molecule has 7 heteroatoms. The summed E-state index contributed by atoms with van der Waals surface area (Å²) < 4.78 is 33.3. The zero-order chi connectivity index (χ0) is 20.9. The monoisotopic (exact) mass is 430 g/mol. The number of pyridine rings is 1. The van der Waals surface area contributed by atoms with E-state index in [9.17, 15) is 8.42 Å². The molecule has 0 aliphatic heterocycles. The van der Waals surface area contributed by atoms with Crippen LogP contribution in [0.5, 0.6) is 11.5 Å². The highest BCUT2D eigenvalue weighted by molar-refractivity contribution is 7.92. The third-order valence-corrected chi connectivity index (χ3v) is 6.56. The number of benzene rings is 2. The van der Waals surface area contributed by atoms with Crippen molar-refractivity contribution in [2.45, 2.75) is 26.8 Å². The first-order valence-electron chi connectivity index (χ1n) is 9.33. The Bertz CT molecular complexity index is 1060. The summed E-state index contributed by atoms with van der Waals surface area (Å²) in [5, 5.41) is 0.310. The van der Waals surface area contributed by atoms with Crippen LogP contribution in [0.1, 0.15) is 24.5 Å². The second-order valence-electron chi connectivity index (χ2n) is 6.67. The summed E-state index contributed by atoms with van der Waals surface area (Å²) >= 11 is 6.53. The average Bonchev–Trinajstić information content (AvgIpc) is 2.70. The predicted molar refractivity (Wildman–Crippen MR) is 117 cm³/mol. The van der Waals surface area contributed by atoms with Crippen LogP contribution in [0, 0.1) is 6.92 Å². The highest BCUT2D eigenvalue weighted by Crippen LogP contribution is 2.37. The minimum Gasteiger partial charge on any atom is -0.457 e. The van der Waals surface area contributed by atoms with Crippen LogP contribution in [0.2, 0.25) is 5.02 Å². The van der Waals surface area contributed by atoms with Crippen molar-refractivity contribution >= 4 is 27.3 Å². The number of sulfonamides is 1. The number of ether oxygens (including phenoxy) is 1. The zero-order valence-electron chi connectivity index (χ0n) is 16.4. The van der Waals surface area contributed by atoms with Crippen LogP contribution in [0.4, 0.5) is 5.69 Å². The molecule has 0 aliphatic rings. The van der Waals surface area contributed by atoms with E-state index in [1.54, 1.807) is 30.6 Å². The highest BCUT2D eigenvalue weighted by atomic mass is 35.5. The quantitative estimate of drug-likeness (QED) is 0.468. The lowest BCUT2D eigenvalue weighted by atomic mass is 10.2. The molecule has 2 aromatic carbocycles. The van der Waals surface area contributed by atoms with Crippen molar-refractivity contribution in [3.63, 3.8) is 0 Å². The van der Waals surface area contributed by atoms with Gasteiger partial charge >= 0.3 is 0 Å². The average molecular weight is 431 g/mol. The molecule has 29 heavy (non-hydrogen) atoms. The van der Waals surface area contributed by atoms with E-state index in [2.05, 4.69) is 4.98 Å². The summed E-state index contributed by atoms with van der Waals surface area (Å²) in [4.78, 5) is 4.09. The van der Waals surface area contributed by atoms with Crippen molar-refractivity contribution in [1.82, 2.24) is 4.98 Å². The summed E-state index contributed by atoms with van der Waals surface area (Å²) in [5.41, 5.74) is 2.00. The molecule has 0 radical (unpaired) electrons. The number of rotatable bonds is 8. The second kappa shape index (κ2) is 9.29. The van der Waals surface area contributed by atoms with E-state index < -0.39 is 10.0 Å². The number of nitrogens with zero attached hydrogens (tertiary/aromatic N) is 2. The standard InChI is InChI=1S/C22H23ClN2O3S/c1-3-12-29(26,27)25(16-18-8-7-11-24-15-18)21-13-17(2)22(14-20(21)23)28-19-9-5-4-6-10-19/h4-11,13-15H,3,12,16H2,1-2H3. The predicted octanol–water partition coefficient (Wildman–Crippen LogP) is 5.58. The molecule has 3 rings (SSSR count). The van der Waals surface area contributed by atoms with Crippen molar-refractivity contribution in [2.75, 3.05) is 10.1 Å². The Morgan fingerprint density at radius 3 is 2.52 bits per heavy atom. The van der Waals surface area contributed by atoms with E-state index in [0.29, 0.717) is 28.6 Å². The van der Waals surface area contributed by atoms with Gasteiger partial charge in [-0.2, -0.15) is 0 Å².